The Labute approximate surface area is 145 Å². The second-order valence-corrected chi connectivity index (χ2v) is 6.86. The fourth-order valence-corrected chi connectivity index (χ4v) is 2.86. The first-order valence-corrected chi connectivity index (χ1v) is 8.65. The summed E-state index contributed by atoms with van der Waals surface area (Å²) in [5, 5.41) is 3.10. The summed E-state index contributed by atoms with van der Waals surface area (Å²) in [6.07, 6.45) is 1.25. The van der Waals surface area contributed by atoms with Gasteiger partial charge in [-0.2, -0.15) is 0 Å². The summed E-state index contributed by atoms with van der Waals surface area (Å²) < 4.78 is 11.5. The van der Waals surface area contributed by atoms with Crippen molar-refractivity contribution in [3.63, 3.8) is 0 Å². The van der Waals surface area contributed by atoms with Crippen LogP contribution in [0.1, 0.15) is 23.1 Å². The first-order chi connectivity index (χ1) is 11.5. The van der Waals surface area contributed by atoms with Crippen LogP contribution in [0, 0.1) is 13.8 Å². The van der Waals surface area contributed by atoms with Crippen molar-refractivity contribution in [2.24, 2.45) is 0 Å². The van der Waals surface area contributed by atoms with Crippen LogP contribution in [0.5, 0.6) is 0 Å². The van der Waals surface area contributed by atoms with Gasteiger partial charge in [-0.25, -0.2) is 0 Å². The van der Waals surface area contributed by atoms with Crippen molar-refractivity contribution < 1.29 is 14.3 Å². The third kappa shape index (κ3) is 5.89. The van der Waals surface area contributed by atoms with Crippen LogP contribution in [0.25, 0.3) is 0 Å². The lowest BCUT2D eigenvalue weighted by Crippen LogP contribution is -2.51. The zero-order chi connectivity index (χ0) is 17.5. The molecule has 0 aromatic heterocycles. The lowest BCUT2D eigenvalue weighted by molar-refractivity contribution is -0.125. The minimum Gasteiger partial charge on any atom is -0.379 e. The summed E-state index contributed by atoms with van der Waals surface area (Å²) in [6.45, 7) is 6.84. The number of nitrogens with one attached hydrogen (secondary N) is 1. The zero-order valence-corrected chi connectivity index (χ0v) is 15.3. The highest BCUT2D eigenvalue weighted by Crippen LogP contribution is 2.14. The van der Waals surface area contributed by atoms with E-state index in [0.29, 0.717) is 26.2 Å². The molecule has 1 saturated heterocycles. The Bertz CT molecular complexity index is 545. The highest BCUT2D eigenvalue weighted by molar-refractivity contribution is 5.79. The minimum atomic E-state index is -0.0708. The number of nitrogens with zero attached hydrogens (tertiary/aromatic N) is 1. The molecule has 0 unspecified atom stereocenters. The van der Waals surface area contributed by atoms with E-state index in [1.54, 1.807) is 0 Å². The number of benzene rings is 1. The lowest BCUT2D eigenvalue weighted by Gasteiger charge is -2.32. The average molecular weight is 334 g/mol. The third-order valence-electron chi connectivity index (χ3n) is 4.37. The molecule has 1 amide bonds. The average Bonchev–Trinajstić information content (AvgIpc) is 2.52. The van der Waals surface area contributed by atoms with Gasteiger partial charge in [0.2, 0.25) is 5.91 Å². The van der Waals surface area contributed by atoms with Crippen LogP contribution in [0.3, 0.4) is 0 Å². The van der Waals surface area contributed by atoms with E-state index in [1.807, 2.05) is 27.9 Å². The number of carbonyl (C=O) groups is 1. The Kier molecular flexibility index (Phi) is 7.21. The van der Waals surface area contributed by atoms with E-state index < -0.39 is 0 Å². The summed E-state index contributed by atoms with van der Waals surface area (Å²) in [6, 6.07) is 6.14. The second-order valence-electron chi connectivity index (χ2n) is 6.86. The van der Waals surface area contributed by atoms with E-state index in [1.165, 1.54) is 5.56 Å². The highest BCUT2D eigenvalue weighted by atomic mass is 16.5. The summed E-state index contributed by atoms with van der Waals surface area (Å²) >= 11 is 0. The van der Waals surface area contributed by atoms with Gasteiger partial charge in [-0.15, -0.1) is 0 Å². The number of ether oxygens (including phenoxy) is 2. The molecule has 2 atom stereocenters. The van der Waals surface area contributed by atoms with Gasteiger partial charge >= 0.3 is 0 Å². The van der Waals surface area contributed by atoms with Crippen molar-refractivity contribution >= 4 is 5.91 Å². The maximum atomic E-state index is 12.4. The molecule has 2 rings (SSSR count). The van der Waals surface area contributed by atoms with Crippen LogP contribution < -0.4 is 5.32 Å². The summed E-state index contributed by atoms with van der Waals surface area (Å²) in [5.74, 6) is 0.0282. The molecule has 0 aliphatic carbocycles. The van der Waals surface area contributed by atoms with E-state index in [9.17, 15) is 4.79 Å². The Balaban J connectivity index is 1.89. The topological polar surface area (TPSA) is 50.8 Å². The molecule has 1 aromatic rings. The number of aryl methyl sites for hydroxylation is 2. The van der Waals surface area contributed by atoms with Crippen LogP contribution in [0.15, 0.2) is 18.2 Å². The fraction of sp³-hybridized carbons (Fsp3) is 0.632. The molecule has 24 heavy (non-hydrogen) atoms. The van der Waals surface area contributed by atoms with Gasteiger partial charge in [-0.05, 0) is 45.5 Å². The summed E-state index contributed by atoms with van der Waals surface area (Å²) in [4.78, 5) is 14.5. The minimum absolute atomic E-state index is 0.0282. The molecule has 1 aliphatic rings. The first kappa shape index (κ1) is 18.9. The molecule has 1 aliphatic heterocycles. The number of rotatable bonds is 7. The molecule has 0 saturated carbocycles. The fourth-order valence-electron chi connectivity index (χ4n) is 2.86. The molecule has 5 heteroatoms. The zero-order valence-electron chi connectivity index (χ0n) is 15.3. The number of amides is 1. The van der Waals surface area contributed by atoms with Gasteiger partial charge in [-0.3, -0.25) is 4.79 Å². The Morgan fingerprint density at radius 2 is 2.17 bits per heavy atom. The van der Waals surface area contributed by atoms with Crippen molar-refractivity contribution in [2.75, 3.05) is 40.5 Å². The largest absolute Gasteiger partial charge is 0.379 e. The standard InChI is InChI=1S/C19H30N2O3/c1-14-5-6-15(2)16(11-14)12-19(22)20-17-13-23-9-7-18(17)24-10-8-21(3)4/h5-6,11,17-18H,7-10,12-13H2,1-4H3,(H,20,22)/t17-,18+/m1/s1. The van der Waals surface area contributed by atoms with Crippen LogP contribution in [-0.2, 0) is 20.7 Å². The monoisotopic (exact) mass is 334 g/mol. The van der Waals surface area contributed by atoms with Gasteiger partial charge in [0.15, 0.2) is 0 Å². The van der Waals surface area contributed by atoms with Crippen molar-refractivity contribution in [1.29, 1.82) is 0 Å². The predicted molar refractivity (Wildman–Crippen MR) is 95.3 cm³/mol. The molecule has 0 bridgehead atoms. The molecule has 5 nitrogen and oxygen atoms in total. The van der Waals surface area contributed by atoms with E-state index in [-0.39, 0.29) is 18.1 Å². The molecule has 1 N–H and O–H groups in total. The van der Waals surface area contributed by atoms with Gasteiger partial charge in [0.1, 0.15) is 0 Å². The number of hydrogen-bond acceptors (Lipinski definition) is 4. The molecule has 1 fully saturated rings. The maximum absolute atomic E-state index is 12.4. The van der Waals surface area contributed by atoms with Gasteiger partial charge in [0.25, 0.3) is 0 Å². The summed E-state index contributed by atoms with van der Waals surface area (Å²) in [7, 11) is 4.05. The lowest BCUT2D eigenvalue weighted by atomic mass is 10.0. The molecular formula is C19H30N2O3. The second kappa shape index (κ2) is 9.16. The molecule has 0 radical (unpaired) electrons. The van der Waals surface area contributed by atoms with Gasteiger partial charge in [-0.1, -0.05) is 23.8 Å². The maximum Gasteiger partial charge on any atom is 0.224 e. The van der Waals surface area contributed by atoms with Crippen LogP contribution in [-0.4, -0.2) is 63.4 Å². The molecule has 1 heterocycles. The van der Waals surface area contributed by atoms with Crippen molar-refractivity contribution in [1.82, 2.24) is 10.2 Å². The van der Waals surface area contributed by atoms with Gasteiger partial charge in [0.05, 0.1) is 31.8 Å². The van der Waals surface area contributed by atoms with Crippen molar-refractivity contribution in [3.05, 3.63) is 34.9 Å². The van der Waals surface area contributed by atoms with E-state index in [2.05, 4.69) is 28.4 Å². The van der Waals surface area contributed by atoms with Crippen molar-refractivity contribution in [3.8, 4) is 0 Å². The quantitative estimate of drug-likeness (QED) is 0.825. The van der Waals surface area contributed by atoms with E-state index in [0.717, 1.165) is 24.1 Å². The highest BCUT2D eigenvalue weighted by Gasteiger charge is 2.28. The number of hydrogen-bond donors (Lipinski definition) is 1. The van der Waals surface area contributed by atoms with Crippen LogP contribution in [0.2, 0.25) is 0 Å². The van der Waals surface area contributed by atoms with Gasteiger partial charge in [0, 0.05) is 13.2 Å². The molecule has 0 spiro atoms. The Morgan fingerprint density at radius 3 is 2.92 bits per heavy atom. The Hall–Kier alpha value is -1.43. The van der Waals surface area contributed by atoms with Crippen LogP contribution in [0.4, 0.5) is 0 Å². The molecule has 1 aromatic carbocycles. The number of carbonyl (C=O) groups excluding carboxylic acids is 1. The van der Waals surface area contributed by atoms with Crippen LogP contribution >= 0.6 is 0 Å². The normalized spacial score (nSPS) is 21.0. The predicted octanol–water partition coefficient (Wildman–Crippen LogP) is 1.70. The Morgan fingerprint density at radius 1 is 1.38 bits per heavy atom. The smallest absolute Gasteiger partial charge is 0.224 e. The molecular weight excluding hydrogens is 304 g/mol. The first-order valence-electron chi connectivity index (χ1n) is 8.65. The van der Waals surface area contributed by atoms with E-state index in [4.69, 9.17) is 9.47 Å². The SMILES string of the molecule is Cc1ccc(C)c(CC(=O)N[C@@H]2COCC[C@@H]2OCCN(C)C)c1. The van der Waals surface area contributed by atoms with E-state index >= 15 is 0 Å². The third-order valence-corrected chi connectivity index (χ3v) is 4.37. The number of likely N-dealkylation sites (N-methyl/N-ethyl adjacent to an activating group) is 1. The molecule has 134 valence electrons. The summed E-state index contributed by atoms with van der Waals surface area (Å²) in [5.41, 5.74) is 3.40. The van der Waals surface area contributed by atoms with Gasteiger partial charge < -0.3 is 19.7 Å². The van der Waals surface area contributed by atoms with Crippen molar-refractivity contribution in [2.45, 2.75) is 38.8 Å².